The summed E-state index contributed by atoms with van der Waals surface area (Å²) in [6, 6.07) is 3.92. The minimum Gasteiger partial charge on any atom is -0.491 e. The van der Waals surface area contributed by atoms with Crippen molar-refractivity contribution in [1.29, 1.82) is 0 Å². The van der Waals surface area contributed by atoms with E-state index in [1.54, 1.807) is 0 Å². The summed E-state index contributed by atoms with van der Waals surface area (Å²) in [7, 11) is 0. The third-order valence-electron chi connectivity index (χ3n) is 9.72. The van der Waals surface area contributed by atoms with Gasteiger partial charge in [-0.15, -0.1) is 0 Å². The summed E-state index contributed by atoms with van der Waals surface area (Å²) in [6.07, 6.45) is 3.21. The molecule has 41 heavy (non-hydrogen) atoms. The van der Waals surface area contributed by atoms with E-state index < -0.39 is 34.8 Å². The van der Waals surface area contributed by atoms with Crippen molar-refractivity contribution < 1.29 is 27.0 Å². The van der Waals surface area contributed by atoms with E-state index in [4.69, 9.17) is 20.2 Å². The van der Waals surface area contributed by atoms with Gasteiger partial charge in [0.2, 0.25) is 0 Å². The molecule has 8 nitrogen and oxygen atoms in total. The molecule has 5 aliphatic rings. The molecule has 0 unspecified atom stereocenters. The smallest absolute Gasteiger partial charge is 0.319 e. The van der Waals surface area contributed by atoms with Gasteiger partial charge in [-0.1, -0.05) is 0 Å². The molecule has 3 aromatic rings. The molecule has 0 radical (unpaired) electrons. The molecular weight excluding hydrogens is 540 g/mol. The first-order valence-corrected chi connectivity index (χ1v) is 14.3. The van der Waals surface area contributed by atoms with Crippen molar-refractivity contribution in [2.75, 3.05) is 43.5 Å². The van der Waals surface area contributed by atoms with Gasteiger partial charge in [0, 0.05) is 42.7 Å². The molecule has 0 amide bonds. The van der Waals surface area contributed by atoms with Crippen LogP contribution in [0.25, 0.3) is 22.0 Å². The number of ether oxygens (including phenoxy) is 2. The fraction of sp³-hybridized carbons (Fsp3) is 0.517. The van der Waals surface area contributed by atoms with Gasteiger partial charge in [0.15, 0.2) is 11.6 Å². The standard InChI is InChI=1S/C29H30F4N6O2/c30-14-9-29(6-1-7-38(29)10-14)13-41-28-36-26-22-21(8-17(24(26)33)16-3-4-18(31)25(34)23(16)32)40-12-20-19-5-2-15(35-19)11-39(20)27(22)37-28/h3-4,8,14-15,19-20,35H,1-2,5-7,9-13,34H2/t14-,15-,19+,20+,29+/m1/s1. The van der Waals surface area contributed by atoms with Crippen LogP contribution in [0.1, 0.15) is 32.1 Å². The molecule has 6 heterocycles. The zero-order valence-corrected chi connectivity index (χ0v) is 22.3. The van der Waals surface area contributed by atoms with Gasteiger partial charge < -0.3 is 25.4 Å². The molecule has 5 aliphatic heterocycles. The molecular formula is C29H30F4N6O2. The lowest BCUT2D eigenvalue weighted by Crippen LogP contribution is -2.60. The van der Waals surface area contributed by atoms with Crippen molar-refractivity contribution in [2.45, 2.75) is 61.9 Å². The zero-order chi connectivity index (χ0) is 28.0. The Bertz CT molecular complexity index is 1570. The molecule has 1 aromatic heterocycles. The first kappa shape index (κ1) is 25.3. The van der Waals surface area contributed by atoms with Gasteiger partial charge in [0.05, 0.1) is 17.0 Å². The maximum absolute atomic E-state index is 16.4. The van der Waals surface area contributed by atoms with E-state index >= 15 is 8.78 Å². The van der Waals surface area contributed by atoms with Gasteiger partial charge in [0.25, 0.3) is 0 Å². The van der Waals surface area contributed by atoms with Crippen LogP contribution >= 0.6 is 0 Å². The van der Waals surface area contributed by atoms with Crippen molar-refractivity contribution in [3.63, 3.8) is 0 Å². The predicted octanol–water partition coefficient (Wildman–Crippen LogP) is 3.95. The third kappa shape index (κ3) is 3.79. The zero-order valence-electron chi connectivity index (χ0n) is 22.3. The van der Waals surface area contributed by atoms with Crippen LogP contribution in [0.2, 0.25) is 0 Å². The van der Waals surface area contributed by atoms with Crippen LogP contribution in [0.5, 0.6) is 11.8 Å². The Morgan fingerprint density at radius 3 is 2.88 bits per heavy atom. The van der Waals surface area contributed by atoms with Gasteiger partial charge in [-0.05, 0) is 50.4 Å². The molecule has 4 saturated heterocycles. The first-order chi connectivity index (χ1) is 19.8. The average Bonchev–Trinajstić information content (AvgIpc) is 3.59. The predicted molar refractivity (Wildman–Crippen MR) is 144 cm³/mol. The van der Waals surface area contributed by atoms with Crippen molar-refractivity contribution in [1.82, 2.24) is 20.2 Å². The monoisotopic (exact) mass is 570 g/mol. The molecule has 2 aromatic carbocycles. The summed E-state index contributed by atoms with van der Waals surface area (Å²) in [5.74, 6) is -1.99. The number of rotatable bonds is 4. The molecule has 5 atom stereocenters. The largest absolute Gasteiger partial charge is 0.491 e. The van der Waals surface area contributed by atoms with Crippen molar-refractivity contribution in [3.05, 3.63) is 35.7 Å². The van der Waals surface area contributed by atoms with Crippen LogP contribution < -0.4 is 25.4 Å². The summed E-state index contributed by atoms with van der Waals surface area (Å²) < 4.78 is 72.3. The van der Waals surface area contributed by atoms with Gasteiger partial charge in [-0.3, -0.25) is 4.90 Å². The average molecular weight is 571 g/mol. The highest BCUT2D eigenvalue weighted by atomic mass is 19.1. The number of alkyl halides is 1. The molecule has 216 valence electrons. The molecule has 3 N–H and O–H groups in total. The summed E-state index contributed by atoms with van der Waals surface area (Å²) in [5.41, 5.74) is 4.05. The fourth-order valence-corrected chi connectivity index (χ4v) is 7.73. The molecule has 4 fully saturated rings. The van der Waals surface area contributed by atoms with Crippen LogP contribution in [-0.4, -0.2) is 77.6 Å². The van der Waals surface area contributed by atoms with Crippen LogP contribution in [0.4, 0.5) is 29.1 Å². The number of aromatic nitrogens is 2. The van der Waals surface area contributed by atoms with E-state index in [-0.39, 0.29) is 47.4 Å². The number of hydrogen-bond donors (Lipinski definition) is 2. The lowest BCUT2D eigenvalue weighted by molar-refractivity contribution is 0.107. The number of hydrogen-bond acceptors (Lipinski definition) is 8. The Hall–Kier alpha value is -3.38. The SMILES string of the molecule is Nc1c(F)ccc(-c2cc3c4c(nc(OC[C@@]56CCCN5C[C@H](F)C6)nc4c2F)N2C[C@H]4CC[C@H](N4)[C@@H]2CO3)c1F. The second-order valence-corrected chi connectivity index (χ2v) is 12.1. The van der Waals surface area contributed by atoms with Crippen LogP contribution in [-0.2, 0) is 0 Å². The minimum absolute atomic E-state index is 0.0244. The quantitative estimate of drug-likeness (QED) is 0.360. The number of nitrogens with two attached hydrogens (primary N) is 1. The van der Waals surface area contributed by atoms with Gasteiger partial charge in [-0.2, -0.15) is 9.97 Å². The maximum atomic E-state index is 16.4. The Kier molecular flexibility index (Phi) is 5.60. The van der Waals surface area contributed by atoms with Gasteiger partial charge >= 0.3 is 6.01 Å². The number of fused-ring (bicyclic) bond motifs is 6. The highest BCUT2D eigenvalue weighted by molar-refractivity contribution is 5.99. The number of halogens is 4. The maximum Gasteiger partial charge on any atom is 0.319 e. The van der Waals surface area contributed by atoms with E-state index in [1.165, 1.54) is 6.07 Å². The number of nitrogens with zero attached hydrogens (tertiary/aromatic N) is 4. The van der Waals surface area contributed by atoms with Crippen molar-refractivity contribution >= 4 is 22.4 Å². The fourth-order valence-electron chi connectivity index (χ4n) is 7.73. The van der Waals surface area contributed by atoms with E-state index in [9.17, 15) is 8.78 Å². The highest BCUT2D eigenvalue weighted by Gasteiger charge is 2.50. The van der Waals surface area contributed by atoms with E-state index in [0.717, 1.165) is 44.4 Å². The van der Waals surface area contributed by atoms with E-state index in [2.05, 4.69) is 20.1 Å². The Labute approximate surface area is 233 Å². The lowest BCUT2D eigenvalue weighted by Gasteiger charge is -2.40. The highest BCUT2D eigenvalue weighted by Crippen LogP contribution is 2.46. The molecule has 2 bridgehead atoms. The van der Waals surface area contributed by atoms with E-state index in [0.29, 0.717) is 43.1 Å². The number of piperazine rings is 1. The first-order valence-electron chi connectivity index (χ1n) is 14.3. The van der Waals surface area contributed by atoms with Crippen LogP contribution in [0, 0.1) is 17.5 Å². The number of benzene rings is 2. The van der Waals surface area contributed by atoms with Crippen molar-refractivity contribution in [2.24, 2.45) is 0 Å². The Morgan fingerprint density at radius 2 is 2.00 bits per heavy atom. The summed E-state index contributed by atoms with van der Waals surface area (Å²) in [4.78, 5) is 13.6. The minimum atomic E-state index is -1.06. The Balaban J connectivity index is 1.28. The number of anilines is 2. The molecule has 0 saturated carbocycles. The van der Waals surface area contributed by atoms with Crippen molar-refractivity contribution in [3.8, 4) is 22.9 Å². The summed E-state index contributed by atoms with van der Waals surface area (Å²) in [5, 5.41) is 4.02. The Morgan fingerprint density at radius 1 is 1.12 bits per heavy atom. The number of nitrogen functional groups attached to an aromatic ring is 1. The van der Waals surface area contributed by atoms with E-state index in [1.807, 2.05) is 0 Å². The third-order valence-corrected chi connectivity index (χ3v) is 9.72. The summed E-state index contributed by atoms with van der Waals surface area (Å²) >= 11 is 0. The summed E-state index contributed by atoms with van der Waals surface area (Å²) in [6.45, 7) is 2.33. The lowest BCUT2D eigenvalue weighted by atomic mass is 9.95. The number of nitrogens with one attached hydrogen (secondary N) is 1. The van der Waals surface area contributed by atoms with Gasteiger partial charge in [0.1, 0.15) is 48.0 Å². The second kappa shape index (κ2) is 9.06. The van der Waals surface area contributed by atoms with Crippen LogP contribution in [0.15, 0.2) is 18.2 Å². The van der Waals surface area contributed by atoms with Gasteiger partial charge in [-0.25, -0.2) is 17.6 Å². The molecule has 0 spiro atoms. The topological polar surface area (TPSA) is 88.8 Å². The molecule has 0 aliphatic carbocycles. The molecule has 8 rings (SSSR count). The molecule has 12 heteroatoms. The normalized spacial score (nSPS) is 30.3. The second-order valence-electron chi connectivity index (χ2n) is 12.1. The van der Waals surface area contributed by atoms with Crippen LogP contribution in [0.3, 0.4) is 0 Å².